The zero-order valence-electron chi connectivity index (χ0n) is 11.9. The number of hydrogen-bond acceptors (Lipinski definition) is 4. The number of nitrogens with zero attached hydrogens (tertiary/aromatic N) is 2. The molecule has 0 aliphatic heterocycles. The van der Waals surface area contributed by atoms with Crippen molar-refractivity contribution < 1.29 is 0 Å². The van der Waals surface area contributed by atoms with Crippen LogP contribution in [0.3, 0.4) is 0 Å². The fourth-order valence-electron chi connectivity index (χ4n) is 2.10. The molecule has 0 amide bonds. The Balaban J connectivity index is 1.95. The van der Waals surface area contributed by atoms with Crippen LogP contribution >= 0.6 is 11.3 Å². The summed E-state index contributed by atoms with van der Waals surface area (Å²) in [5, 5.41) is 12.2. The van der Waals surface area contributed by atoms with Crippen molar-refractivity contribution in [3.8, 4) is 6.07 Å². The quantitative estimate of drug-likeness (QED) is 0.869. The van der Waals surface area contributed by atoms with Gasteiger partial charge in [-0.15, -0.1) is 11.3 Å². The molecule has 104 valence electrons. The van der Waals surface area contributed by atoms with Gasteiger partial charge in [0, 0.05) is 35.9 Å². The number of hydrogen-bond donors (Lipinski definition) is 1. The molecule has 0 bridgehead atoms. The van der Waals surface area contributed by atoms with Gasteiger partial charge in [0.25, 0.3) is 0 Å². The molecule has 0 radical (unpaired) electrons. The zero-order chi connectivity index (χ0) is 14.4. The maximum atomic E-state index is 8.80. The first kappa shape index (κ1) is 14.4. The molecule has 0 spiro atoms. The number of benzene rings is 1. The number of nitriles is 1. The molecule has 0 atom stereocenters. The van der Waals surface area contributed by atoms with Gasteiger partial charge in [-0.25, -0.2) is 0 Å². The summed E-state index contributed by atoms with van der Waals surface area (Å²) >= 11 is 1.54. The lowest BCUT2D eigenvalue weighted by atomic mass is 10.2. The normalized spacial score (nSPS) is 10.1. The fourth-order valence-corrected chi connectivity index (χ4v) is 2.85. The topological polar surface area (TPSA) is 39.1 Å². The largest absolute Gasteiger partial charge is 0.380 e. The van der Waals surface area contributed by atoms with E-state index in [1.807, 2.05) is 12.1 Å². The minimum absolute atomic E-state index is 0.761. The predicted molar refractivity (Wildman–Crippen MR) is 86.4 cm³/mol. The molecule has 2 aromatic rings. The van der Waals surface area contributed by atoms with Crippen LogP contribution in [0.4, 0.5) is 11.4 Å². The van der Waals surface area contributed by atoms with Gasteiger partial charge in [0.1, 0.15) is 10.9 Å². The van der Waals surface area contributed by atoms with Crippen LogP contribution in [0.1, 0.15) is 23.6 Å². The van der Waals surface area contributed by atoms with Crippen LogP contribution < -0.4 is 10.2 Å². The molecule has 1 aromatic carbocycles. The molecule has 0 aliphatic rings. The summed E-state index contributed by atoms with van der Waals surface area (Å²) in [4.78, 5) is 4.26. The van der Waals surface area contributed by atoms with E-state index in [2.05, 4.69) is 54.4 Å². The van der Waals surface area contributed by atoms with E-state index in [9.17, 15) is 0 Å². The minimum atomic E-state index is 0.761. The van der Waals surface area contributed by atoms with Crippen molar-refractivity contribution in [3.63, 3.8) is 0 Å². The van der Waals surface area contributed by atoms with Crippen molar-refractivity contribution in [3.05, 3.63) is 46.2 Å². The van der Waals surface area contributed by atoms with E-state index in [0.29, 0.717) is 0 Å². The van der Waals surface area contributed by atoms with Crippen LogP contribution in [-0.4, -0.2) is 13.1 Å². The molecule has 0 aliphatic carbocycles. The molecule has 0 saturated heterocycles. The van der Waals surface area contributed by atoms with Gasteiger partial charge in [-0.05, 0) is 50.2 Å². The fraction of sp³-hybridized carbons (Fsp3) is 0.312. The molecule has 0 fully saturated rings. The second-order valence-corrected chi connectivity index (χ2v) is 5.62. The van der Waals surface area contributed by atoms with Gasteiger partial charge in [-0.2, -0.15) is 5.26 Å². The molecular weight excluding hydrogens is 266 g/mol. The number of anilines is 2. The summed E-state index contributed by atoms with van der Waals surface area (Å²) in [5.41, 5.74) is 2.36. The number of rotatable bonds is 6. The highest BCUT2D eigenvalue weighted by Gasteiger charge is 2.02. The van der Waals surface area contributed by atoms with Crippen molar-refractivity contribution in [2.45, 2.75) is 20.4 Å². The Morgan fingerprint density at radius 1 is 1.10 bits per heavy atom. The third kappa shape index (κ3) is 3.52. The lowest BCUT2D eigenvalue weighted by molar-refractivity contribution is 0.866. The highest BCUT2D eigenvalue weighted by atomic mass is 32.1. The average molecular weight is 285 g/mol. The van der Waals surface area contributed by atoms with Gasteiger partial charge in [-0.3, -0.25) is 0 Å². The Hall–Kier alpha value is -1.99. The van der Waals surface area contributed by atoms with Crippen molar-refractivity contribution >= 4 is 22.7 Å². The molecule has 0 unspecified atom stereocenters. The van der Waals surface area contributed by atoms with Crippen LogP contribution in [0.15, 0.2) is 36.4 Å². The molecule has 0 saturated carbocycles. The summed E-state index contributed by atoms with van der Waals surface area (Å²) in [5.74, 6) is 0. The van der Waals surface area contributed by atoms with E-state index in [1.165, 1.54) is 21.9 Å². The van der Waals surface area contributed by atoms with Crippen molar-refractivity contribution in [2.24, 2.45) is 0 Å². The van der Waals surface area contributed by atoms with Gasteiger partial charge < -0.3 is 10.2 Å². The van der Waals surface area contributed by atoms with Crippen molar-refractivity contribution in [1.82, 2.24) is 0 Å². The lowest BCUT2D eigenvalue weighted by Gasteiger charge is -2.21. The van der Waals surface area contributed by atoms with E-state index < -0.39 is 0 Å². The summed E-state index contributed by atoms with van der Waals surface area (Å²) in [7, 11) is 0. The Bertz CT molecular complexity index is 577. The molecular formula is C16H19N3S. The number of nitrogens with one attached hydrogen (secondary N) is 1. The summed E-state index contributed by atoms with van der Waals surface area (Å²) in [6, 6.07) is 14.5. The maximum Gasteiger partial charge on any atom is 0.110 e. The van der Waals surface area contributed by atoms with Crippen LogP contribution in [0, 0.1) is 11.3 Å². The van der Waals surface area contributed by atoms with E-state index in [0.717, 1.165) is 30.2 Å². The van der Waals surface area contributed by atoms with E-state index in [1.54, 1.807) is 0 Å². The first-order chi connectivity index (χ1) is 9.76. The maximum absolute atomic E-state index is 8.80. The van der Waals surface area contributed by atoms with Gasteiger partial charge in [-0.1, -0.05) is 0 Å². The molecule has 1 N–H and O–H groups in total. The van der Waals surface area contributed by atoms with Gasteiger partial charge in [0.15, 0.2) is 0 Å². The van der Waals surface area contributed by atoms with Gasteiger partial charge >= 0.3 is 0 Å². The molecule has 3 nitrogen and oxygen atoms in total. The molecule has 2 rings (SSSR count). The van der Waals surface area contributed by atoms with E-state index >= 15 is 0 Å². The summed E-state index contributed by atoms with van der Waals surface area (Å²) in [6.07, 6.45) is 0. The standard InChI is InChI=1S/C16H19N3S/c1-3-19(4-2)14-7-5-13(6-8-14)18-12-16-10-9-15(11-17)20-16/h5-10,18H,3-4,12H2,1-2H3. The van der Waals surface area contributed by atoms with Crippen LogP contribution in [0.5, 0.6) is 0 Å². The summed E-state index contributed by atoms with van der Waals surface area (Å²) in [6.45, 7) is 7.14. The molecule has 4 heteroatoms. The first-order valence-electron chi connectivity index (χ1n) is 6.84. The Morgan fingerprint density at radius 2 is 1.80 bits per heavy atom. The third-order valence-electron chi connectivity index (χ3n) is 3.23. The average Bonchev–Trinajstić information content (AvgIpc) is 2.96. The third-order valence-corrected chi connectivity index (χ3v) is 4.22. The lowest BCUT2D eigenvalue weighted by Crippen LogP contribution is -2.21. The van der Waals surface area contributed by atoms with Crippen molar-refractivity contribution in [2.75, 3.05) is 23.3 Å². The smallest absolute Gasteiger partial charge is 0.110 e. The van der Waals surface area contributed by atoms with Gasteiger partial charge in [0.2, 0.25) is 0 Å². The SMILES string of the molecule is CCN(CC)c1ccc(NCc2ccc(C#N)s2)cc1. The van der Waals surface area contributed by atoms with Crippen LogP contribution in [0.2, 0.25) is 0 Å². The minimum Gasteiger partial charge on any atom is -0.380 e. The zero-order valence-corrected chi connectivity index (χ0v) is 12.7. The number of thiophene rings is 1. The van der Waals surface area contributed by atoms with Gasteiger partial charge in [0.05, 0.1) is 0 Å². The highest BCUT2D eigenvalue weighted by Crippen LogP contribution is 2.20. The Labute approximate surface area is 124 Å². The Kier molecular flexibility index (Phi) is 5.03. The summed E-state index contributed by atoms with van der Waals surface area (Å²) < 4.78 is 0. The first-order valence-corrected chi connectivity index (χ1v) is 7.66. The Morgan fingerprint density at radius 3 is 2.35 bits per heavy atom. The van der Waals surface area contributed by atoms with E-state index in [-0.39, 0.29) is 0 Å². The highest BCUT2D eigenvalue weighted by molar-refractivity contribution is 7.12. The second-order valence-electron chi connectivity index (χ2n) is 4.45. The van der Waals surface area contributed by atoms with Crippen molar-refractivity contribution in [1.29, 1.82) is 5.26 Å². The second kappa shape index (κ2) is 6.97. The molecule has 1 heterocycles. The monoisotopic (exact) mass is 285 g/mol. The van der Waals surface area contributed by atoms with E-state index in [4.69, 9.17) is 5.26 Å². The molecule has 1 aromatic heterocycles. The van der Waals surface area contributed by atoms with Crippen LogP contribution in [0.25, 0.3) is 0 Å². The predicted octanol–water partition coefficient (Wildman–Crippen LogP) is 4.08. The van der Waals surface area contributed by atoms with Crippen LogP contribution in [-0.2, 0) is 6.54 Å². The molecule has 20 heavy (non-hydrogen) atoms.